The maximum absolute atomic E-state index is 12.1. The van der Waals surface area contributed by atoms with Crippen LogP contribution in [0.3, 0.4) is 0 Å². The largest absolute Gasteiger partial charge is 0.355 e. The van der Waals surface area contributed by atoms with Crippen molar-refractivity contribution in [3.05, 3.63) is 28.6 Å². The normalized spacial score (nSPS) is 14.3. The lowest BCUT2D eigenvalue weighted by molar-refractivity contribution is -0.118. The third-order valence-electron chi connectivity index (χ3n) is 5.30. The number of carbonyl (C=O) groups excluding carboxylic acids is 1. The predicted molar refractivity (Wildman–Crippen MR) is 114 cm³/mol. The number of hydrogen-bond acceptors (Lipinski definition) is 5. The molecule has 0 saturated heterocycles. The second-order valence-corrected chi connectivity index (χ2v) is 8.41. The van der Waals surface area contributed by atoms with Crippen molar-refractivity contribution < 1.29 is 4.79 Å². The van der Waals surface area contributed by atoms with Gasteiger partial charge in [-0.25, -0.2) is 9.50 Å². The van der Waals surface area contributed by atoms with Crippen LogP contribution in [0.25, 0.3) is 5.78 Å². The molecule has 0 bridgehead atoms. The van der Waals surface area contributed by atoms with Crippen LogP contribution in [0.1, 0.15) is 68.8 Å². The fraction of sp³-hybridized carbons (Fsp3) is 0.619. The van der Waals surface area contributed by atoms with Crippen molar-refractivity contribution in [3.8, 4) is 0 Å². The minimum absolute atomic E-state index is 0.0322. The lowest BCUT2D eigenvalue weighted by atomic mass is 9.97. The molecule has 1 aliphatic rings. The smallest absolute Gasteiger partial charge is 0.253 e. The Morgan fingerprint density at radius 3 is 2.86 bits per heavy atom. The van der Waals surface area contributed by atoms with Gasteiger partial charge in [0.15, 0.2) is 0 Å². The minimum Gasteiger partial charge on any atom is -0.355 e. The monoisotopic (exact) mass is 401 g/mol. The van der Waals surface area contributed by atoms with E-state index in [9.17, 15) is 4.79 Å². The third-order valence-corrected chi connectivity index (χ3v) is 6.13. The zero-order chi connectivity index (χ0) is 19.9. The standard InChI is InChI=1S/C21H31N5OS/c1-4-5-11-18-15(2)23-20-24-21(25-26(20)16(18)3)28-14-19(27)22-13-12-17-9-7-6-8-10-17/h9H,4-8,10-14H2,1-3H3,(H,22,27). The molecular formula is C21H31N5OS. The van der Waals surface area contributed by atoms with Crippen LogP contribution in [0, 0.1) is 13.8 Å². The summed E-state index contributed by atoms with van der Waals surface area (Å²) in [5.74, 6) is 0.976. The number of nitrogens with zero attached hydrogens (tertiary/aromatic N) is 4. The molecule has 0 atom stereocenters. The van der Waals surface area contributed by atoms with Gasteiger partial charge in [-0.3, -0.25) is 4.79 Å². The summed E-state index contributed by atoms with van der Waals surface area (Å²) in [6.45, 7) is 7.01. The van der Waals surface area contributed by atoms with E-state index in [0.29, 0.717) is 23.2 Å². The maximum Gasteiger partial charge on any atom is 0.253 e. The topological polar surface area (TPSA) is 72.2 Å². The van der Waals surface area contributed by atoms with E-state index in [1.165, 1.54) is 48.6 Å². The van der Waals surface area contributed by atoms with E-state index in [4.69, 9.17) is 0 Å². The Bertz CT molecular complexity index is 858. The highest BCUT2D eigenvalue weighted by Gasteiger charge is 2.14. The van der Waals surface area contributed by atoms with Gasteiger partial charge in [0.05, 0.1) is 5.75 Å². The van der Waals surface area contributed by atoms with Crippen molar-refractivity contribution in [1.82, 2.24) is 24.9 Å². The number of unbranched alkanes of at least 4 members (excludes halogenated alkanes) is 1. The molecule has 0 aliphatic heterocycles. The van der Waals surface area contributed by atoms with Crippen LogP contribution >= 0.6 is 11.8 Å². The number of rotatable bonds is 9. The highest BCUT2D eigenvalue weighted by Crippen LogP contribution is 2.20. The van der Waals surface area contributed by atoms with Crippen LogP contribution in [0.15, 0.2) is 16.8 Å². The fourth-order valence-electron chi connectivity index (χ4n) is 3.64. The number of carbonyl (C=O) groups is 1. The van der Waals surface area contributed by atoms with E-state index in [1.807, 2.05) is 11.4 Å². The Morgan fingerprint density at radius 2 is 2.11 bits per heavy atom. The van der Waals surface area contributed by atoms with Gasteiger partial charge in [0.1, 0.15) is 0 Å². The number of aromatic nitrogens is 4. The highest BCUT2D eigenvalue weighted by atomic mass is 32.2. The molecule has 1 amide bonds. The van der Waals surface area contributed by atoms with Gasteiger partial charge < -0.3 is 5.32 Å². The van der Waals surface area contributed by atoms with Gasteiger partial charge >= 0.3 is 0 Å². The summed E-state index contributed by atoms with van der Waals surface area (Å²) in [5, 5.41) is 8.18. The van der Waals surface area contributed by atoms with Gasteiger partial charge in [0, 0.05) is 17.9 Å². The highest BCUT2D eigenvalue weighted by molar-refractivity contribution is 7.99. The quantitative estimate of drug-likeness (QED) is 0.504. The number of fused-ring (bicyclic) bond motifs is 1. The number of allylic oxidation sites excluding steroid dienone is 1. The van der Waals surface area contributed by atoms with Crippen LogP contribution in [-0.2, 0) is 11.2 Å². The van der Waals surface area contributed by atoms with Crippen molar-refractivity contribution in [3.63, 3.8) is 0 Å². The number of thioether (sulfide) groups is 1. The van der Waals surface area contributed by atoms with Crippen molar-refractivity contribution in [2.75, 3.05) is 12.3 Å². The molecule has 0 aromatic carbocycles. The number of aryl methyl sites for hydroxylation is 2. The Balaban J connectivity index is 1.54. The zero-order valence-electron chi connectivity index (χ0n) is 17.3. The number of nitrogens with one attached hydrogen (secondary N) is 1. The van der Waals surface area contributed by atoms with E-state index in [2.05, 4.69) is 40.3 Å². The first kappa shape index (κ1) is 20.8. The number of hydrogen-bond donors (Lipinski definition) is 1. The second kappa shape index (κ2) is 10.0. The lowest BCUT2D eigenvalue weighted by Gasteiger charge is -2.12. The molecule has 28 heavy (non-hydrogen) atoms. The average molecular weight is 402 g/mol. The van der Waals surface area contributed by atoms with Crippen molar-refractivity contribution >= 4 is 23.4 Å². The van der Waals surface area contributed by atoms with Gasteiger partial charge in [-0.2, -0.15) is 4.98 Å². The molecular weight excluding hydrogens is 370 g/mol. The van der Waals surface area contributed by atoms with E-state index in [-0.39, 0.29) is 5.91 Å². The van der Waals surface area contributed by atoms with Gasteiger partial charge in [-0.15, -0.1) is 5.10 Å². The van der Waals surface area contributed by atoms with Crippen molar-refractivity contribution in [1.29, 1.82) is 0 Å². The fourth-order valence-corrected chi connectivity index (χ4v) is 4.29. The molecule has 7 heteroatoms. The molecule has 0 radical (unpaired) electrons. The van der Waals surface area contributed by atoms with Crippen LogP contribution in [0.4, 0.5) is 0 Å². The van der Waals surface area contributed by atoms with Crippen molar-refractivity contribution in [2.45, 2.75) is 77.3 Å². The summed E-state index contributed by atoms with van der Waals surface area (Å²) < 4.78 is 1.81. The van der Waals surface area contributed by atoms with Crippen molar-refractivity contribution in [2.24, 2.45) is 0 Å². The molecule has 6 nitrogen and oxygen atoms in total. The molecule has 2 aromatic heterocycles. The molecule has 1 aliphatic carbocycles. The maximum atomic E-state index is 12.1. The molecule has 1 N–H and O–H groups in total. The SMILES string of the molecule is CCCCc1c(C)nc2nc(SCC(=O)NCCC3=CCCCC3)nn2c1C. The Hall–Kier alpha value is -1.89. The Kier molecular flexibility index (Phi) is 7.48. The van der Waals surface area contributed by atoms with Gasteiger partial charge in [-0.05, 0) is 64.4 Å². The summed E-state index contributed by atoms with van der Waals surface area (Å²) in [6.07, 6.45) is 11.5. The summed E-state index contributed by atoms with van der Waals surface area (Å²) in [7, 11) is 0. The van der Waals surface area contributed by atoms with Crippen LogP contribution < -0.4 is 5.32 Å². The van der Waals surface area contributed by atoms with E-state index >= 15 is 0 Å². The zero-order valence-corrected chi connectivity index (χ0v) is 18.1. The van der Waals surface area contributed by atoms with Crippen LogP contribution in [-0.4, -0.2) is 37.8 Å². The molecule has 0 saturated carbocycles. The van der Waals surface area contributed by atoms with E-state index < -0.39 is 0 Å². The Morgan fingerprint density at radius 1 is 1.25 bits per heavy atom. The van der Waals surface area contributed by atoms with Gasteiger partial charge in [0.2, 0.25) is 11.1 Å². The molecule has 0 unspecified atom stereocenters. The molecule has 2 aromatic rings. The first-order chi connectivity index (χ1) is 13.6. The second-order valence-electron chi connectivity index (χ2n) is 7.47. The molecule has 0 fully saturated rings. The predicted octanol–water partition coefficient (Wildman–Crippen LogP) is 4.18. The lowest BCUT2D eigenvalue weighted by Crippen LogP contribution is -2.26. The van der Waals surface area contributed by atoms with E-state index in [1.54, 1.807) is 0 Å². The molecule has 2 heterocycles. The van der Waals surface area contributed by atoms with Gasteiger partial charge in [-0.1, -0.05) is 36.8 Å². The van der Waals surface area contributed by atoms with Crippen LogP contribution in [0.5, 0.6) is 0 Å². The molecule has 0 spiro atoms. The summed E-state index contributed by atoms with van der Waals surface area (Å²) in [4.78, 5) is 21.2. The Labute approximate surface area is 171 Å². The van der Waals surface area contributed by atoms with Crippen LogP contribution in [0.2, 0.25) is 0 Å². The summed E-state index contributed by atoms with van der Waals surface area (Å²) >= 11 is 1.37. The molecule has 3 rings (SSSR count). The van der Waals surface area contributed by atoms with Gasteiger partial charge in [0.25, 0.3) is 5.78 Å². The number of amides is 1. The average Bonchev–Trinajstić information content (AvgIpc) is 3.10. The summed E-state index contributed by atoms with van der Waals surface area (Å²) in [6, 6.07) is 0. The van der Waals surface area contributed by atoms with E-state index in [0.717, 1.165) is 37.1 Å². The summed E-state index contributed by atoms with van der Waals surface area (Å²) in [5.41, 5.74) is 4.86. The first-order valence-electron chi connectivity index (χ1n) is 10.4. The molecule has 152 valence electrons. The first-order valence-corrected chi connectivity index (χ1v) is 11.4. The third kappa shape index (κ3) is 5.34. The minimum atomic E-state index is 0.0322.